The zero-order chi connectivity index (χ0) is 18.6. The topological polar surface area (TPSA) is 66.5 Å². The van der Waals surface area contributed by atoms with E-state index < -0.39 is 0 Å². The van der Waals surface area contributed by atoms with E-state index in [9.17, 15) is 0 Å². The first-order chi connectivity index (χ1) is 13.2. The summed E-state index contributed by atoms with van der Waals surface area (Å²) in [5.41, 5.74) is 4.16. The number of nitrogens with zero attached hydrogens (tertiary/aromatic N) is 4. The highest BCUT2D eigenvalue weighted by Crippen LogP contribution is 2.24. The second kappa shape index (κ2) is 7.48. The summed E-state index contributed by atoms with van der Waals surface area (Å²) in [4.78, 5) is 4.45. The molecule has 0 spiro atoms. The van der Waals surface area contributed by atoms with Crippen LogP contribution < -0.4 is 5.32 Å². The number of para-hydroxylation sites is 1. The van der Waals surface area contributed by atoms with E-state index in [0.717, 1.165) is 40.9 Å². The van der Waals surface area contributed by atoms with Crippen molar-refractivity contribution in [3.63, 3.8) is 0 Å². The zero-order valence-electron chi connectivity index (χ0n) is 14.4. The Hall–Kier alpha value is -3.36. The van der Waals surface area contributed by atoms with Crippen molar-refractivity contribution in [2.24, 2.45) is 0 Å². The minimum Gasteiger partial charge on any atom is -0.382 e. The molecule has 0 fully saturated rings. The molecule has 0 saturated heterocycles. The molecule has 0 aliphatic carbocycles. The number of hydrogen-bond donors (Lipinski definition) is 1. The molecular formula is C21H16ClN5. The Labute approximate surface area is 161 Å². The van der Waals surface area contributed by atoms with Gasteiger partial charge in [-0.15, -0.1) is 0 Å². The summed E-state index contributed by atoms with van der Waals surface area (Å²) in [6.45, 7) is 1.45. The quantitative estimate of drug-likeness (QED) is 0.549. The molecule has 1 N–H and O–H groups in total. The predicted octanol–water partition coefficient (Wildman–Crippen LogP) is 4.74. The number of halogens is 1. The molecule has 0 atom stereocenters. The fourth-order valence-electron chi connectivity index (χ4n) is 2.89. The Kier molecular flexibility index (Phi) is 4.73. The molecular weight excluding hydrogens is 358 g/mol. The van der Waals surface area contributed by atoms with Crippen LogP contribution in [0, 0.1) is 11.3 Å². The van der Waals surface area contributed by atoms with Crippen LogP contribution in [0.15, 0.2) is 67.0 Å². The van der Waals surface area contributed by atoms with Gasteiger partial charge in [0.15, 0.2) is 0 Å². The minimum absolute atomic E-state index is 0.440. The average Bonchev–Trinajstić information content (AvgIpc) is 3.17. The maximum Gasteiger partial charge on any atom is 0.101 e. The third-order valence-corrected chi connectivity index (χ3v) is 4.60. The molecule has 2 aromatic heterocycles. The number of aromatic nitrogens is 3. The Balaban J connectivity index is 1.40. The number of rotatable bonds is 5. The largest absolute Gasteiger partial charge is 0.382 e. The molecule has 0 unspecified atom stereocenters. The van der Waals surface area contributed by atoms with Crippen LogP contribution in [0.2, 0.25) is 5.02 Å². The van der Waals surface area contributed by atoms with Gasteiger partial charge < -0.3 is 5.32 Å². The summed E-state index contributed by atoms with van der Waals surface area (Å²) in [5, 5.41) is 18.5. The van der Waals surface area contributed by atoms with Crippen LogP contribution in [0.4, 0.5) is 5.69 Å². The summed E-state index contributed by atoms with van der Waals surface area (Å²) >= 11 is 6.11. The number of hydrogen-bond acceptors (Lipinski definition) is 4. The van der Waals surface area contributed by atoms with Crippen molar-refractivity contribution in [3.8, 4) is 17.3 Å². The third kappa shape index (κ3) is 3.76. The van der Waals surface area contributed by atoms with E-state index in [1.807, 2.05) is 47.4 Å². The van der Waals surface area contributed by atoms with Crippen LogP contribution in [-0.4, -0.2) is 21.3 Å². The monoisotopic (exact) mass is 373 g/mol. The molecule has 5 nitrogen and oxygen atoms in total. The van der Waals surface area contributed by atoms with Crippen molar-refractivity contribution >= 4 is 28.2 Å². The molecule has 2 heterocycles. The summed E-state index contributed by atoms with van der Waals surface area (Å²) in [5.74, 6) is 0. The first-order valence-electron chi connectivity index (χ1n) is 8.55. The van der Waals surface area contributed by atoms with Gasteiger partial charge in [-0.25, -0.2) is 0 Å². The van der Waals surface area contributed by atoms with E-state index >= 15 is 0 Å². The molecule has 0 amide bonds. The Bertz CT molecular complexity index is 1140. The van der Waals surface area contributed by atoms with E-state index in [1.54, 1.807) is 12.1 Å². The molecule has 0 bridgehead atoms. The van der Waals surface area contributed by atoms with Crippen LogP contribution in [0.25, 0.3) is 22.2 Å². The number of fused-ring (bicyclic) bond motifs is 1. The number of nitriles is 1. The van der Waals surface area contributed by atoms with Crippen LogP contribution >= 0.6 is 11.6 Å². The molecule has 0 saturated carbocycles. The molecule has 132 valence electrons. The molecule has 6 heteroatoms. The number of nitrogens with one attached hydrogen (secondary N) is 1. The van der Waals surface area contributed by atoms with Gasteiger partial charge in [-0.05, 0) is 30.3 Å². The lowest BCUT2D eigenvalue weighted by atomic mass is 10.1. The molecule has 0 radical (unpaired) electrons. The predicted molar refractivity (Wildman–Crippen MR) is 108 cm³/mol. The van der Waals surface area contributed by atoms with Gasteiger partial charge in [0, 0.05) is 23.7 Å². The molecule has 0 aliphatic rings. The van der Waals surface area contributed by atoms with Gasteiger partial charge in [0.05, 0.1) is 40.2 Å². The van der Waals surface area contributed by atoms with Crippen molar-refractivity contribution < 1.29 is 0 Å². The lowest BCUT2D eigenvalue weighted by molar-refractivity contribution is 0.640. The van der Waals surface area contributed by atoms with Gasteiger partial charge >= 0.3 is 0 Å². The van der Waals surface area contributed by atoms with Crippen molar-refractivity contribution in [2.75, 3.05) is 11.9 Å². The zero-order valence-corrected chi connectivity index (χ0v) is 15.2. The van der Waals surface area contributed by atoms with E-state index in [4.69, 9.17) is 16.9 Å². The Morgan fingerprint density at radius 3 is 2.85 bits per heavy atom. The van der Waals surface area contributed by atoms with Gasteiger partial charge in [0.25, 0.3) is 0 Å². The van der Waals surface area contributed by atoms with Gasteiger partial charge in [-0.1, -0.05) is 35.9 Å². The highest BCUT2D eigenvalue weighted by atomic mass is 35.5. The van der Waals surface area contributed by atoms with Gasteiger partial charge in [0.1, 0.15) is 6.07 Å². The second-order valence-corrected chi connectivity index (χ2v) is 6.52. The number of pyridine rings is 1. The fourth-order valence-corrected chi connectivity index (χ4v) is 3.11. The lowest BCUT2D eigenvalue weighted by Gasteiger charge is -2.07. The van der Waals surface area contributed by atoms with Gasteiger partial charge in [0.2, 0.25) is 0 Å². The van der Waals surface area contributed by atoms with Gasteiger partial charge in [-0.3, -0.25) is 9.67 Å². The first kappa shape index (κ1) is 17.1. The van der Waals surface area contributed by atoms with Crippen LogP contribution in [0.3, 0.4) is 0 Å². The highest BCUT2D eigenvalue weighted by Gasteiger charge is 2.06. The standard InChI is InChI=1S/C21H16ClN5/c22-19-12-16(5-6-17(19)13-23)21-7-9-27(26-21)10-8-24-18-11-15-3-1-2-4-20(15)25-14-18/h1-7,9,11-12,14,24H,8,10H2. The average molecular weight is 374 g/mol. The van der Waals surface area contributed by atoms with E-state index in [2.05, 4.69) is 33.6 Å². The van der Waals surface area contributed by atoms with Gasteiger partial charge in [-0.2, -0.15) is 10.4 Å². The van der Waals surface area contributed by atoms with Crippen molar-refractivity contribution in [3.05, 3.63) is 77.6 Å². The number of anilines is 1. The van der Waals surface area contributed by atoms with E-state index in [0.29, 0.717) is 10.6 Å². The van der Waals surface area contributed by atoms with E-state index in [-0.39, 0.29) is 0 Å². The second-order valence-electron chi connectivity index (χ2n) is 6.11. The lowest BCUT2D eigenvalue weighted by Crippen LogP contribution is -2.11. The Morgan fingerprint density at radius 2 is 2.00 bits per heavy atom. The van der Waals surface area contributed by atoms with E-state index in [1.165, 1.54) is 0 Å². The first-order valence-corrected chi connectivity index (χ1v) is 8.93. The van der Waals surface area contributed by atoms with Crippen molar-refractivity contribution in [1.29, 1.82) is 5.26 Å². The summed E-state index contributed by atoms with van der Waals surface area (Å²) < 4.78 is 1.88. The summed E-state index contributed by atoms with van der Waals surface area (Å²) in [7, 11) is 0. The smallest absolute Gasteiger partial charge is 0.101 e. The van der Waals surface area contributed by atoms with Crippen LogP contribution in [-0.2, 0) is 6.54 Å². The maximum absolute atomic E-state index is 8.97. The Morgan fingerprint density at radius 1 is 1.11 bits per heavy atom. The van der Waals surface area contributed by atoms with Crippen molar-refractivity contribution in [1.82, 2.24) is 14.8 Å². The molecule has 4 aromatic rings. The highest BCUT2D eigenvalue weighted by molar-refractivity contribution is 6.32. The third-order valence-electron chi connectivity index (χ3n) is 4.29. The van der Waals surface area contributed by atoms with Crippen LogP contribution in [0.1, 0.15) is 5.56 Å². The van der Waals surface area contributed by atoms with Crippen molar-refractivity contribution in [2.45, 2.75) is 6.54 Å². The normalized spacial score (nSPS) is 10.7. The maximum atomic E-state index is 8.97. The summed E-state index contributed by atoms with van der Waals surface area (Å²) in [6.07, 6.45) is 3.78. The minimum atomic E-state index is 0.440. The van der Waals surface area contributed by atoms with Crippen LogP contribution in [0.5, 0.6) is 0 Å². The molecule has 27 heavy (non-hydrogen) atoms. The molecule has 4 rings (SSSR count). The molecule has 0 aliphatic heterocycles. The molecule has 2 aromatic carbocycles. The SMILES string of the molecule is N#Cc1ccc(-c2ccn(CCNc3cnc4ccccc4c3)n2)cc1Cl. The summed E-state index contributed by atoms with van der Waals surface area (Å²) in [6, 6.07) is 19.5. The number of benzene rings is 2. The fraction of sp³-hybridized carbons (Fsp3) is 0.0952.